The van der Waals surface area contributed by atoms with Crippen molar-refractivity contribution in [3.63, 3.8) is 0 Å². The van der Waals surface area contributed by atoms with Crippen LogP contribution in [0.15, 0.2) is 42.5 Å². The minimum Gasteiger partial charge on any atom is -0.205 e. The average molecular weight is 342 g/mol. The topological polar surface area (TPSA) is 0 Å². The van der Waals surface area contributed by atoms with Crippen LogP contribution in [-0.4, -0.2) is 5.33 Å². The smallest absolute Gasteiger partial charge is 0.141 e. The van der Waals surface area contributed by atoms with Gasteiger partial charge >= 0.3 is 0 Å². The van der Waals surface area contributed by atoms with Gasteiger partial charge in [0, 0.05) is 5.33 Å². The molecule has 0 aliphatic carbocycles. The predicted molar refractivity (Wildman–Crippen MR) is 82.8 cm³/mol. The fourth-order valence-electron chi connectivity index (χ4n) is 2.05. The normalized spacial score (nSPS) is 12.4. The Bertz CT molecular complexity index is 551. The second kappa shape index (κ2) is 6.53. The van der Waals surface area contributed by atoms with Crippen molar-refractivity contribution in [1.29, 1.82) is 0 Å². The molecular formula is C16H15BrClF. The number of alkyl halides is 1. The molecule has 0 fully saturated rings. The Morgan fingerprint density at radius 1 is 1.16 bits per heavy atom. The van der Waals surface area contributed by atoms with E-state index in [0.29, 0.717) is 5.92 Å². The molecule has 0 aliphatic rings. The van der Waals surface area contributed by atoms with Gasteiger partial charge in [0.2, 0.25) is 0 Å². The number of rotatable bonds is 4. The van der Waals surface area contributed by atoms with E-state index in [1.54, 1.807) is 12.1 Å². The molecule has 1 unspecified atom stereocenters. The second-order valence-corrected chi connectivity index (χ2v) is 5.77. The van der Waals surface area contributed by atoms with Gasteiger partial charge in [-0.3, -0.25) is 0 Å². The second-order valence-electron chi connectivity index (χ2n) is 4.71. The Kier molecular flexibility index (Phi) is 5.00. The Labute approximate surface area is 126 Å². The molecule has 19 heavy (non-hydrogen) atoms. The minimum atomic E-state index is -0.365. The van der Waals surface area contributed by atoms with Crippen LogP contribution in [0.5, 0.6) is 0 Å². The number of benzene rings is 2. The molecule has 2 aromatic rings. The van der Waals surface area contributed by atoms with E-state index in [4.69, 9.17) is 11.6 Å². The van der Waals surface area contributed by atoms with Crippen molar-refractivity contribution in [2.24, 2.45) is 0 Å². The van der Waals surface area contributed by atoms with Gasteiger partial charge in [-0.05, 0) is 42.5 Å². The summed E-state index contributed by atoms with van der Waals surface area (Å²) in [5.41, 5.74) is 3.58. The maximum Gasteiger partial charge on any atom is 0.141 e. The lowest BCUT2D eigenvalue weighted by Crippen LogP contribution is -2.04. The zero-order chi connectivity index (χ0) is 13.8. The van der Waals surface area contributed by atoms with Crippen LogP contribution < -0.4 is 0 Å². The lowest BCUT2D eigenvalue weighted by molar-refractivity contribution is 0.626. The van der Waals surface area contributed by atoms with Gasteiger partial charge in [0.05, 0.1) is 5.02 Å². The summed E-state index contributed by atoms with van der Waals surface area (Å²) in [5, 5.41) is 1.06. The molecule has 1 atom stereocenters. The summed E-state index contributed by atoms with van der Waals surface area (Å²) in [6.07, 6.45) is 0.842. The van der Waals surface area contributed by atoms with E-state index in [1.807, 2.05) is 0 Å². The first-order valence-corrected chi connectivity index (χ1v) is 7.66. The third-order valence-corrected chi connectivity index (χ3v) is 4.27. The van der Waals surface area contributed by atoms with E-state index in [9.17, 15) is 4.39 Å². The zero-order valence-electron chi connectivity index (χ0n) is 10.7. The van der Waals surface area contributed by atoms with Gasteiger partial charge in [-0.15, -0.1) is 0 Å². The van der Waals surface area contributed by atoms with Crippen molar-refractivity contribution < 1.29 is 4.39 Å². The van der Waals surface area contributed by atoms with Gasteiger partial charge in [-0.1, -0.05) is 63.4 Å². The number of aryl methyl sites for hydroxylation is 1. The third-order valence-electron chi connectivity index (χ3n) is 3.20. The summed E-state index contributed by atoms with van der Waals surface area (Å²) in [5.74, 6) is -0.00160. The highest BCUT2D eigenvalue weighted by atomic mass is 79.9. The fraction of sp³-hybridized carbons (Fsp3) is 0.250. The van der Waals surface area contributed by atoms with Crippen LogP contribution >= 0.6 is 27.5 Å². The maximum atomic E-state index is 13.1. The van der Waals surface area contributed by atoms with Gasteiger partial charge in [-0.2, -0.15) is 0 Å². The van der Waals surface area contributed by atoms with Crippen LogP contribution in [0.2, 0.25) is 5.02 Å². The first-order chi connectivity index (χ1) is 9.10. The summed E-state index contributed by atoms with van der Waals surface area (Å²) < 4.78 is 13.1. The van der Waals surface area contributed by atoms with Crippen molar-refractivity contribution in [1.82, 2.24) is 0 Å². The predicted octanol–water partition coefficient (Wildman–Crippen LogP) is 5.51. The number of halogens is 3. The van der Waals surface area contributed by atoms with Crippen LogP contribution in [0, 0.1) is 12.7 Å². The molecule has 0 aromatic heterocycles. The molecular weight excluding hydrogens is 327 g/mol. The van der Waals surface area contributed by atoms with Crippen LogP contribution in [0.1, 0.15) is 22.6 Å². The molecule has 0 radical (unpaired) electrons. The molecule has 100 valence electrons. The number of hydrogen-bond acceptors (Lipinski definition) is 0. The van der Waals surface area contributed by atoms with E-state index in [-0.39, 0.29) is 10.8 Å². The first-order valence-electron chi connectivity index (χ1n) is 6.16. The van der Waals surface area contributed by atoms with Crippen molar-refractivity contribution >= 4 is 27.5 Å². The van der Waals surface area contributed by atoms with Crippen molar-refractivity contribution in [3.8, 4) is 0 Å². The van der Waals surface area contributed by atoms with E-state index >= 15 is 0 Å². The van der Waals surface area contributed by atoms with E-state index < -0.39 is 0 Å². The molecule has 0 saturated heterocycles. The summed E-state index contributed by atoms with van der Waals surface area (Å²) in [6.45, 7) is 2.08. The molecule has 3 heteroatoms. The average Bonchev–Trinajstić information content (AvgIpc) is 2.41. The monoisotopic (exact) mass is 340 g/mol. The first kappa shape index (κ1) is 14.5. The molecule has 0 nitrogen and oxygen atoms in total. The van der Waals surface area contributed by atoms with Crippen LogP contribution in [0.25, 0.3) is 0 Å². The van der Waals surface area contributed by atoms with Crippen LogP contribution in [-0.2, 0) is 6.42 Å². The molecule has 0 saturated carbocycles. The van der Waals surface area contributed by atoms with Gasteiger partial charge in [0.25, 0.3) is 0 Å². The molecule has 0 spiro atoms. The van der Waals surface area contributed by atoms with E-state index in [0.717, 1.165) is 17.3 Å². The van der Waals surface area contributed by atoms with E-state index in [1.165, 1.54) is 17.2 Å². The lowest BCUT2D eigenvalue weighted by Gasteiger charge is -2.15. The highest BCUT2D eigenvalue weighted by Crippen LogP contribution is 2.25. The Morgan fingerprint density at radius 2 is 1.84 bits per heavy atom. The largest absolute Gasteiger partial charge is 0.205 e. The van der Waals surface area contributed by atoms with Crippen molar-refractivity contribution in [3.05, 3.63) is 70.0 Å². The zero-order valence-corrected chi connectivity index (χ0v) is 13.0. The summed E-state index contributed by atoms with van der Waals surface area (Å²) in [7, 11) is 0. The molecule has 0 bridgehead atoms. The lowest BCUT2D eigenvalue weighted by atomic mass is 9.93. The summed E-state index contributed by atoms with van der Waals surface area (Å²) in [4.78, 5) is 0. The maximum absolute atomic E-state index is 13.1. The summed E-state index contributed by atoms with van der Waals surface area (Å²) >= 11 is 9.38. The van der Waals surface area contributed by atoms with Crippen molar-refractivity contribution in [2.75, 3.05) is 5.33 Å². The summed E-state index contributed by atoms with van der Waals surface area (Å²) in [6, 6.07) is 13.5. The third kappa shape index (κ3) is 3.80. The molecule has 0 amide bonds. The molecule has 2 aromatic carbocycles. The van der Waals surface area contributed by atoms with E-state index in [2.05, 4.69) is 47.1 Å². The van der Waals surface area contributed by atoms with Crippen molar-refractivity contribution in [2.45, 2.75) is 19.3 Å². The van der Waals surface area contributed by atoms with Gasteiger partial charge in [0.15, 0.2) is 0 Å². The highest BCUT2D eigenvalue weighted by molar-refractivity contribution is 9.09. The number of hydrogen-bond donors (Lipinski definition) is 0. The fourth-order valence-corrected chi connectivity index (χ4v) is 2.86. The molecule has 0 N–H and O–H groups in total. The molecule has 0 heterocycles. The minimum absolute atomic E-state index is 0.190. The SMILES string of the molecule is Cc1ccc(C(CBr)Cc2ccc(F)c(Cl)c2)cc1. The van der Waals surface area contributed by atoms with Crippen LogP contribution in [0.4, 0.5) is 4.39 Å². The molecule has 0 aliphatic heterocycles. The van der Waals surface area contributed by atoms with Gasteiger partial charge < -0.3 is 0 Å². The quantitative estimate of drug-likeness (QED) is 0.643. The Morgan fingerprint density at radius 3 is 2.42 bits per heavy atom. The Balaban J connectivity index is 2.18. The Hall–Kier alpha value is -0.860. The highest BCUT2D eigenvalue weighted by Gasteiger charge is 2.12. The molecule has 2 rings (SSSR count). The van der Waals surface area contributed by atoms with Crippen LogP contribution in [0.3, 0.4) is 0 Å². The van der Waals surface area contributed by atoms with Gasteiger partial charge in [-0.25, -0.2) is 4.39 Å². The standard InChI is InChI=1S/C16H15BrClF/c1-11-2-5-13(6-3-11)14(10-17)8-12-4-7-16(19)15(18)9-12/h2-7,9,14H,8,10H2,1H3. The van der Waals surface area contributed by atoms with Gasteiger partial charge in [0.1, 0.15) is 5.82 Å².